The van der Waals surface area contributed by atoms with Gasteiger partial charge in [0.1, 0.15) is 0 Å². The third-order valence-electron chi connectivity index (χ3n) is 4.07. The average Bonchev–Trinajstić information content (AvgIpc) is 3.13. The van der Waals surface area contributed by atoms with Crippen LogP contribution in [0, 0.1) is 0 Å². The number of hydrogen-bond acceptors (Lipinski definition) is 4. The normalized spacial score (nSPS) is 16.9. The molecule has 134 valence electrons. The first-order chi connectivity index (χ1) is 11.7. The molecule has 1 saturated heterocycles. The van der Waals surface area contributed by atoms with Gasteiger partial charge in [0, 0.05) is 45.2 Å². The Kier molecular flexibility index (Phi) is 7.36. The van der Waals surface area contributed by atoms with E-state index < -0.39 is 0 Å². The fraction of sp³-hybridized carbons (Fsp3) is 0.647. The predicted octanol–water partition coefficient (Wildman–Crippen LogP) is 2.59. The van der Waals surface area contributed by atoms with Gasteiger partial charge >= 0.3 is 6.09 Å². The van der Waals surface area contributed by atoms with Gasteiger partial charge < -0.3 is 19.9 Å². The zero-order valence-electron chi connectivity index (χ0n) is 14.8. The van der Waals surface area contributed by atoms with Crippen molar-refractivity contribution in [1.29, 1.82) is 0 Å². The van der Waals surface area contributed by atoms with Crippen LogP contribution in [0.15, 0.2) is 21.8 Å². The second-order valence-corrected chi connectivity index (χ2v) is 6.61. The molecule has 1 aliphatic heterocycles. The molecule has 6 nitrogen and oxygen atoms in total. The summed E-state index contributed by atoms with van der Waals surface area (Å²) in [7, 11) is 0. The van der Waals surface area contributed by atoms with Crippen LogP contribution in [-0.4, -0.2) is 67.7 Å². The van der Waals surface area contributed by atoms with Crippen molar-refractivity contribution in [2.24, 2.45) is 4.99 Å². The fourth-order valence-corrected chi connectivity index (χ4v) is 3.41. The number of nitrogens with zero attached hydrogens (tertiary/aromatic N) is 3. The highest BCUT2D eigenvalue weighted by atomic mass is 32.1. The predicted molar refractivity (Wildman–Crippen MR) is 98.9 cm³/mol. The SMILES string of the molecule is CCNC(=NCC(C)c1ccsc1)N1CCN(C(=O)OCC)CC1. The number of piperazine rings is 1. The number of carbonyl (C=O) groups excluding carboxylic acids is 1. The monoisotopic (exact) mass is 352 g/mol. The first-order valence-corrected chi connectivity index (χ1v) is 9.57. The summed E-state index contributed by atoms with van der Waals surface area (Å²) in [6, 6.07) is 2.16. The number of guanidine groups is 1. The molecule has 1 fully saturated rings. The fourth-order valence-electron chi connectivity index (χ4n) is 2.63. The number of nitrogens with one attached hydrogen (secondary N) is 1. The van der Waals surface area contributed by atoms with E-state index in [-0.39, 0.29) is 6.09 Å². The average molecular weight is 353 g/mol. The van der Waals surface area contributed by atoms with Gasteiger partial charge in [0.05, 0.1) is 6.61 Å². The van der Waals surface area contributed by atoms with E-state index >= 15 is 0 Å². The summed E-state index contributed by atoms with van der Waals surface area (Å²) in [5, 5.41) is 7.66. The molecule has 0 bridgehead atoms. The van der Waals surface area contributed by atoms with Crippen LogP contribution < -0.4 is 5.32 Å². The van der Waals surface area contributed by atoms with Gasteiger partial charge in [0.15, 0.2) is 5.96 Å². The molecule has 1 atom stereocenters. The van der Waals surface area contributed by atoms with Gasteiger partial charge in [-0.25, -0.2) is 4.79 Å². The summed E-state index contributed by atoms with van der Waals surface area (Å²) in [5.41, 5.74) is 1.34. The van der Waals surface area contributed by atoms with Gasteiger partial charge in [-0.2, -0.15) is 11.3 Å². The maximum atomic E-state index is 11.8. The van der Waals surface area contributed by atoms with Gasteiger partial charge in [0.25, 0.3) is 0 Å². The van der Waals surface area contributed by atoms with Crippen LogP contribution in [-0.2, 0) is 4.74 Å². The van der Waals surface area contributed by atoms with E-state index in [9.17, 15) is 4.79 Å². The second kappa shape index (κ2) is 9.52. The smallest absolute Gasteiger partial charge is 0.409 e. The van der Waals surface area contributed by atoms with Crippen molar-refractivity contribution < 1.29 is 9.53 Å². The lowest BCUT2D eigenvalue weighted by Crippen LogP contribution is -2.54. The first-order valence-electron chi connectivity index (χ1n) is 8.62. The molecule has 2 heterocycles. The van der Waals surface area contributed by atoms with Crippen molar-refractivity contribution in [2.45, 2.75) is 26.7 Å². The molecule has 7 heteroatoms. The summed E-state index contributed by atoms with van der Waals surface area (Å²) in [6.45, 7) is 11.0. The van der Waals surface area contributed by atoms with Crippen molar-refractivity contribution in [3.8, 4) is 0 Å². The van der Waals surface area contributed by atoms with Crippen LogP contribution in [0.1, 0.15) is 32.3 Å². The van der Waals surface area contributed by atoms with Crippen LogP contribution in [0.3, 0.4) is 0 Å². The maximum Gasteiger partial charge on any atom is 0.409 e. The minimum Gasteiger partial charge on any atom is -0.450 e. The minimum absolute atomic E-state index is 0.217. The van der Waals surface area contributed by atoms with Gasteiger partial charge in [-0.3, -0.25) is 4.99 Å². The molecule has 24 heavy (non-hydrogen) atoms. The van der Waals surface area contributed by atoms with E-state index in [0.29, 0.717) is 25.6 Å². The number of aliphatic imine (C=N–C) groups is 1. The van der Waals surface area contributed by atoms with E-state index in [2.05, 4.69) is 40.9 Å². The Balaban J connectivity index is 1.91. The number of thiophene rings is 1. The summed E-state index contributed by atoms with van der Waals surface area (Å²) < 4.78 is 5.07. The molecule has 1 N–H and O–H groups in total. The van der Waals surface area contributed by atoms with E-state index in [1.807, 2.05) is 6.92 Å². The first kappa shape index (κ1) is 18.6. The zero-order valence-corrected chi connectivity index (χ0v) is 15.6. The van der Waals surface area contributed by atoms with Crippen LogP contribution >= 0.6 is 11.3 Å². The topological polar surface area (TPSA) is 57.2 Å². The van der Waals surface area contributed by atoms with Crippen LogP contribution in [0.25, 0.3) is 0 Å². The third kappa shape index (κ3) is 5.12. The Bertz CT molecular complexity index is 525. The van der Waals surface area contributed by atoms with Gasteiger partial charge in [0.2, 0.25) is 0 Å². The highest BCUT2D eigenvalue weighted by Crippen LogP contribution is 2.18. The lowest BCUT2D eigenvalue weighted by atomic mass is 10.1. The van der Waals surface area contributed by atoms with Gasteiger partial charge in [-0.15, -0.1) is 0 Å². The second-order valence-electron chi connectivity index (χ2n) is 5.83. The van der Waals surface area contributed by atoms with E-state index in [0.717, 1.165) is 32.1 Å². The molecule has 0 saturated carbocycles. The highest BCUT2D eigenvalue weighted by molar-refractivity contribution is 7.07. The molecular formula is C17H28N4O2S. The summed E-state index contributed by atoms with van der Waals surface area (Å²) in [6.07, 6.45) is -0.217. The molecule has 0 radical (unpaired) electrons. The Morgan fingerprint density at radius 2 is 2.04 bits per heavy atom. The van der Waals surface area contributed by atoms with E-state index in [1.165, 1.54) is 5.56 Å². The standard InChI is InChI=1S/C17H28N4O2S/c1-4-18-16(19-12-14(3)15-6-11-24-13-15)20-7-9-21(10-8-20)17(22)23-5-2/h6,11,13-14H,4-5,7-10,12H2,1-3H3,(H,18,19). The number of amides is 1. The molecule has 1 unspecified atom stereocenters. The number of ether oxygens (including phenoxy) is 1. The molecule has 1 amide bonds. The molecule has 1 aromatic rings. The Labute approximate surface area is 148 Å². The quantitative estimate of drug-likeness (QED) is 0.654. The molecule has 0 spiro atoms. The molecule has 0 aromatic carbocycles. The van der Waals surface area contributed by atoms with Gasteiger partial charge in [-0.1, -0.05) is 6.92 Å². The zero-order chi connectivity index (χ0) is 17.4. The van der Waals surface area contributed by atoms with Crippen molar-refractivity contribution in [1.82, 2.24) is 15.1 Å². The lowest BCUT2D eigenvalue weighted by Gasteiger charge is -2.36. The molecule has 0 aliphatic carbocycles. The van der Waals surface area contributed by atoms with Crippen molar-refractivity contribution >= 4 is 23.4 Å². The maximum absolute atomic E-state index is 11.8. The van der Waals surface area contributed by atoms with Crippen LogP contribution in [0.2, 0.25) is 0 Å². The Morgan fingerprint density at radius 3 is 2.62 bits per heavy atom. The number of rotatable bonds is 5. The molecule has 1 aromatic heterocycles. The number of hydrogen-bond donors (Lipinski definition) is 1. The van der Waals surface area contributed by atoms with E-state index in [1.54, 1.807) is 16.2 Å². The minimum atomic E-state index is -0.217. The summed E-state index contributed by atoms with van der Waals surface area (Å²) in [5.74, 6) is 1.34. The van der Waals surface area contributed by atoms with Crippen LogP contribution in [0.5, 0.6) is 0 Å². The highest BCUT2D eigenvalue weighted by Gasteiger charge is 2.23. The summed E-state index contributed by atoms with van der Waals surface area (Å²) >= 11 is 1.72. The Morgan fingerprint density at radius 1 is 1.33 bits per heavy atom. The summed E-state index contributed by atoms with van der Waals surface area (Å²) in [4.78, 5) is 20.6. The van der Waals surface area contributed by atoms with Crippen molar-refractivity contribution in [3.05, 3.63) is 22.4 Å². The molecule has 2 rings (SSSR count). The molecule has 1 aliphatic rings. The van der Waals surface area contributed by atoms with Crippen molar-refractivity contribution in [2.75, 3.05) is 45.9 Å². The van der Waals surface area contributed by atoms with E-state index in [4.69, 9.17) is 9.73 Å². The van der Waals surface area contributed by atoms with Crippen molar-refractivity contribution in [3.63, 3.8) is 0 Å². The third-order valence-corrected chi connectivity index (χ3v) is 4.77. The van der Waals surface area contributed by atoms with Gasteiger partial charge in [-0.05, 0) is 36.2 Å². The van der Waals surface area contributed by atoms with Crippen LogP contribution in [0.4, 0.5) is 4.79 Å². The largest absolute Gasteiger partial charge is 0.450 e. The molecular weight excluding hydrogens is 324 g/mol. The Hall–Kier alpha value is -1.76. The lowest BCUT2D eigenvalue weighted by molar-refractivity contribution is 0.0914. The number of carbonyl (C=O) groups is 1.